The SMILES string of the molecule is CCOC(=O)C1(c2ccccc2)CCN(CCC(C#N)(c2ccccc2)c2ccccc2)CC1.[Cu]. The standard InChI is InChI=1S/C30H32N2O2.Cu/c1-2-34-28(33)29(25-12-6-3-7-13-25)18-21-32(22-19-29)23-20-30(24-31,26-14-8-4-9-15-26)27-16-10-5-11-17-27;/h3-17H,2,18-23H2,1H3;. The Morgan fingerprint density at radius 2 is 1.40 bits per heavy atom. The fourth-order valence-corrected chi connectivity index (χ4v) is 5.21. The van der Waals surface area contributed by atoms with Crippen molar-refractivity contribution < 1.29 is 26.6 Å². The molecule has 185 valence electrons. The van der Waals surface area contributed by atoms with Crippen molar-refractivity contribution in [1.82, 2.24) is 4.90 Å². The van der Waals surface area contributed by atoms with Gasteiger partial charge in [0.05, 0.1) is 18.1 Å². The van der Waals surface area contributed by atoms with E-state index in [1.165, 1.54) is 0 Å². The first-order valence-corrected chi connectivity index (χ1v) is 12.1. The average Bonchev–Trinajstić information content (AvgIpc) is 2.91. The third kappa shape index (κ3) is 5.52. The summed E-state index contributed by atoms with van der Waals surface area (Å²) < 4.78 is 5.52. The largest absolute Gasteiger partial charge is 0.465 e. The topological polar surface area (TPSA) is 53.3 Å². The molecule has 0 bridgehead atoms. The van der Waals surface area contributed by atoms with Crippen LogP contribution in [0.1, 0.15) is 42.9 Å². The number of rotatable bonds is 8. The van der Waals surface area contributed by atoms with Gasteiger partial charge in [-0.15, -0.1) is 0 Å². The maximum atomic E-state index is 13.1. The number of nitrogens with zero attached hydrogens (tertiary/aromatic N) is 2. The molecule has 0 N–H and O–H groups in total. The maximum absolute atomic E-state index is 13.1. The molecule has 0 aliphatic carbocycles. The number of esters is 1. The van der Waals surface area contributed by atoms with Gasteiger partial charge in [0.25, 0.3) is 0 Å². The van der Waals surface area contributed by atoms with Crippen LogP contribution in [0.4, 0.5) is 0 Å². The monoisotopic (exact) mass is 515 g/mol. The van der Waals surface area contributed by atoms with Crippen LogP contribution in [0.3, 0.4) is 0 Å². The van der Waals surface area contributed by atoms with Crippen LogP contribution in [0.2, 0.25) is 0 Å². The van der Waals surface area contributed by atoms with Crippen molar-refractivity contribution in [2.24, 2.45) is 0 Å². The van der Waals surface area contributed by atoms with Crippen molar-refractivity contribution >= 4 is 5.97 Å². The first-order valence-electron chi connectivity index (χ1n) is 12.1. The Bertz CT molecular complexity index is 1070. The van der Waals surface area contributed by atoms with E-state index in [2.05, 4.69) is 11.0 Å². The van der Waals surface area contributed by atoms with Gasteiger partial charge in [0, 0.05) is 23.6 Å². The second-order valence-electron chi connectivity index (χ2n) is 9.01. The molecule has 1 fully saturated rings. The fraction of sp³-hybridized carbons (Fsp3) is 0.333. The van der Waals surface area contributed by atoms with E-state index in [1.807, 2.05) is 97.9 Å². The van der Waals surface area contributed by atoms with Crippen molar-refractivity contribution in [2.45, 2.75) is 37.0 Å². The number of benzene rings is 3. The minimum absolute atomic E-state index is 0. The number of piperidine rings is 1. The van der Waals surface area contributed by atoms with Gasteiger partial charge in [0.2, 0.25) is 0 Å². The van der Waals surface area contributed by atoms with Crippen molar-refractivity contribution in [2.75, 3.05) is 26.2 Å². The number of hydrogen-bond acceptors (Lipinski definition) is 4. The Morgan fingerprint density at radius 1 is 0.914 bits per heavy atom. The third-order valence-electron chi connectivity index (χ3n) is 7.23. The molecule has 4 rings (SSSR count). The molecule has 4 nitrogen and oxygen atoms in total. The molecule has 0 unspecified atom stereocenters. The summed E-state index contributed by atoms with van der Waals surface area (Å²) in [6.07, 6.45) is 2.12. The van der Waals surface area contributed by atoms with Crippen molar-refractivity contribution in [3.05, 3.63) is 108 Å². The molecular formula is C30H32CuN2O2. The predicted octanol–water partition coefficient (Wildman–Crippen LogP) is 5.48. The normalized spacial score (nSPS) is 15.4. The predicted molar refractivity (Wildman–Crippen MR) is 134 cm³/mol. The molecule has 0 amide bonds. The second-order valence-corrected chi connectivity index (χ2v) is 9.01. The maximum Gasteiger partial charge on any atom is 0.316 e. The minimum atomic E-state index is -0.711. The summed E-state index contributed by atoms with van der Waals surface area (Å²) in [6, 6.07) is 32.9. The van der Waals surface area contributed by atoms with Crippen LogP contribution in [0.5, 0.6) is 0 Å². The van der Waals surface area contributed by atoms with Gasteiger partial charge in [0.1, 0.15) is 5.41 Å². The van der Waals surface area contributed by atoms with Crippen LogP contribution in [0, 0.1) is 11.3 Å². The number of ether oxygens (including phenoxy) is 1. The van der Waals surface area contributed by atoms with Gasteiger partial charge in [0.15, 0.2) is 0 Å². The molecule has 3 aromatic carbocycles. The zero-order valence-corrected chi connectivity index (χ0v) is 21.1. The first-order chi connectivity index (χ1) is 16.6. The molecule has 1 saturated heterocycles. The van der Waals surface area contributed by atoms with Gasteiger partial charge in [-0.05, 0) is 56.0 Å². The van der Waals surface area contributed by atoms with E-state index >= 15 is 0 Å². The van der Waals surface area contributed by atoms with E-state index in [0.717, 1.165) is 36.3 Å². The fourth-order valence-electron chi connectivity index (χ4n) is 5.21. The van der Waals surface area contributed by atoms with E-state index in [9.17, 15) is 10.1 Å². The Hall–Kier alpha value is -2.90. The molecule has 0 spiro atoms. The van der Waals surface area contributed by atoms with Crippen LogP contribution in [0.25, 0.3) is 0 Å². The van der Waals surface area contributed by atoms with Gasteiger partial charge < -0.3 is 9.64 Å². The summed E-state index contributed by atoms with van der Waals surface area (Å²) in [6.45, 7) is 4.61. The average molecular weight is 516 g/mol. The molecule has 35 heavy (non-hydrogen) atoms. The summed E-state index contributed by atoms with van der Waals surface area (Å²) >= 11 is 0. The van der Waals surface area contributed by atoms with E-state index in [-0.39, 0.29) is 23.0 Å². The Morgan fingerprint density at radius 3 is 1.86 bits per heavy atom. The van der Waals surface area contributed by atoms with Crippen LogP contribution in [0.15, 0.2) is 91.0 Å². The molecule has 0 saturated carbocycles. The van der Waals surface area contributed by atoms with E-state index < -0.39 is 10.8 Å². The third-order valence-corrected chi connectivity index (χ3v) is 7.23. The summed E-state index contributed by atoms with van der Waals surface area (Å²) in [5, 5.41) is 10.4. The van der Waals surface area contributed by atoms with Crippen molar-refractivity contribution in [3.63, 3.8) is 0 Å². The van der Waals surface area contributed by atoms with Gasteiger partial charge in [-0.3, -0.25) is 4.79 Å². The second kappa shape index (κ2) is 12.2. The summed E-state index contributed by atoms with van der Waals surface area (Å²) in [5.41, 5.74) is 1.76. The minimum Gasteiger partial charge on any atom is -0.465 e. The number of carbonyl (C=O) groups excluding carboxylic acids is 1. The molecule has 1 heterocycles. The quantitative estimate of drug-likeness (QED) is 0.294. The Balaban J connectivity index is 0.00000342. The van der Waals surface area contributed by atoms with Gasteiger partial charge >= 0.3 is 5.97 Å². The Kier molecular flexibility index (Phi) is 9.29. The molecule has 3 aromatic rings. The zero-order valence-electron chi connectivity index (χ0n) is 20.1. The van der Waals surface area contributed by atoms with Crippen LogP contribution >= 0.6 is 0 Å². The molecule has 1 aliphatic heterocycles. The zero-order chi connectivity index (χ0) is 23.9. The van der Waals surface area contributed by atoms with E-state index in [1.54, 1.807) is 0 Å². The van der Waals surface area contributed by atoms with E-state index in [4.69, 9.17) is 4.74 Å². The number of hydrogen-bond donors (Lipinski definition) is 0. The van der Waals surface area contributed by atoms with Crippen molar-refractivity contribution in [1.29, 1.82) is 5.26 Å². The molecular weight excluding hydrogens is 484 g/mol. The van der Waals surface area contributed by atoms with E-state index in [0.29, 0.717) is 25.9 Å². The smallest absolute Gasteiger partial charge is 0.316 e. The summed E-state index contributed by atoms with van der Waals surface area (Å²) in [5.74, 6) is -0.124. The molecule has 0 aromatic heterocycles. The molecule has 5 heteroatoms. The summed E-state index contributed by atoms with van der Waals surface area (Å²) in [4.78, 5) is 15.5. The van der Waals surface area contributed by atoms with Crippen LogP contribution in [-0.4, -0.2) is 37.1 Å². The number of nitriles is 1. The number of likely N-dealkylation sites (tertiary alicyclic amines) is 1. The van der Waals surface area contributed by atoms with Crippen molar-refractivity contribution in [3.8, 4) is 6.07 Å². The summed E-state index contributed by atoms with van der Waals surface area (Å²) in [7, 11) is 0. The molecule has 1 radical (unpaired) electrons. The molecule has 1 aliphatic rings. The van der Waals surface area contributed by atoms with Gasteiger partial charge in [-0.25, -0.2) is 0 Å². The molecule has 0 atom stereocenters. The van der Waals surface area contributed by atoms with Gasteiger partial charge in [-0.1, -0.05) is 91.0 Å². The van der Waals surface area contributed by atoms with Gasteiger partial charge in [-0.2, -0.15) is 5.26 Å². The number of carbonyl (C=O) groups is 1. The van der Waals surface area contributed by atoms with Crippen LogP contribution in [-0.2, 0) is 37.4 Å². The first kappa shape index (κ1) is 26.7. The Labute approximate surface area is 219 Å². The van der Waals surface area contributed by atoms with Crippen LogP contribution < -0.4 is 0 Å².